The molecule has 0 spiro atoms. The van der Waals surface area contributed by atoms with Crippen molar-refractivity contribution in [3.63, 3.8) is 0 Å². The molecular formula is C18H24FNS. The molecule has 1 heterocycles. The fraction of sp³-hybridized carbons (Fsp3) is 0.444. The predicted octanol–water partition coefficient (Wildman–Crippen LogP) is 5.61. The summed E-state index contributed by atoms with van der Waals surface area (Å²) in [6.45, 7) is 5.24. The van der Waals surface area contributed by atoms with Gasteiger partial charge in [0.25, 0.3) is 0 Å². The van der Waals surface area contributed by atoms with Gasteiger partial charge < -0.3 is 5.32 Å². The molecule has 114 valence electrons. The van der Waals surface area contributed by atoms with Gasteiger partial charge in [-0.15, -0.1) is 11.3 Å². The van der Waals surface area contributed by atoms with Crippen LogP contribution in [0.3, 0.4) is 0 Å². The highest BCUT2D eigenvalue weighted by molar-refractivity contribution is 7.13. The number of unbranched alkanes of at least 4 members (excludes halogenated alkanes) is 2. The van der Waals surface area contributed by atoms with Gasteiger partial charge in [-0.1, -0.05) is 38.3 Å². The zero-order valence-corrected chi connectivity index (χ0v) is 13.7. The molecule has 0 saturated carbocycles. The Morgan fingerprint density at radius 1 is 1.24 bits per heavy atom. The Bertz CT molecular complexity index is 536. The van der Waals surface area contributed by atoms with Crippen LogP contribution in [0.2, 0.25) is 0 Å². The molecule has 1 aromatic heterocycles. The number of rotatable bonds is 8. The van der Waals surface area contributed by atoms with E-state index >= 15 is 0 Å². The molecule has 3 heteroatoms. The average Bonchev–Trinajstić information content (AvgIpc) is 3.01. The van der Waals surface area contributed by atoms with Crippen LogP contribution in [0.25, 0.3) is 10.4 Å². The molecule has 0 aliphatic heterocycles. The lowest BCUT2D eigenvalue weighted by Gasteiger charge is -2.14. The van der Waals surface area contributed by atoms with Crippen molar-refractivity contribution in [3.05, 3.63) is 47.1 Å². The lowest BCUT2D eigenvalue weighted by atomic mass is 10.1. The Hall–Kier alpha value is -1.19. The lowest BCUT2D eigenvalue weighted by Crippen LogP contribution is -2.25. The number of halogens is 1. The van der Waals surface area contributed by atoms with Gasteiger partial charge in [0.2, 0.25) is 0 Å². The van der Waals surface area contributed by atoms with E-state index in [4.69, 9.17) is 0 Å². The molecule has 1 nitrogen and oxygen atoms in total. The van der Waals surface area contributed by atoms with Crippen LogP contribution in [0.5, 0.6) is 0 Å². The fourth-order valence-electron chi connectivity index (χ4n) is 2.40. The Kier molecular flexibility index (Phi) is 6.40. The summed E-state index contributed by atoms with van der Waals surface area (Å²) in [5, 5.41) is 5.51. The maximum absolute atomic E-state index is 13.9. The summed E-state index contributed by atoms with van der Waals surface area (Å²) in [5.41, 5.74) is 1.85. The first-order chi connectivity index (χ1) is 10.2. The zero-order chi connectivity index (χ0) is 15.1. The van der Waals surface area contributed by atoms with E-state index in [9.17, 15) is 4.39 Å². The topological polar surface area (TPSA) is 12.0 Å². The summed E-state index contributed by atoms with van der Waals surface area (Å²) in [6.07, 6.45) is 5.03. The maximum Gasteiger partial charge on any atom is 0.131 e. The van der Waals surface area contributed by atoms with Gasteiger partial charge >= 0.3 is 0 Å². The molecule has 1 N–H and O–H groups in total. The standard InChI is InChI=1S/C18H24FNS/c1-3-4-5-7-14(2)20-13-15-9-10-17(19)16(12-15)18-8-6-11-21-18/h6,8-12,14,20H,3-5,7,13H2,1-2H3. The van der Waals surface area contributed by atoms with Gasteiger partial charge in [0, 0.05) is 23.0 Å². The second-order valence-electron chi connectivity index (χ2n) is 5.57. The Morgan fingerprint density at radius 3 is 2.81 bits per heavy atom. The van der Waals surface area contributed by atoms with Gasteiger partial charge in [-0.2, -0.15) is 0 Å². The average molecular weight is 305 g/mol. The van der Waals surface area contributed by atoms with Crippen LogP contribution >= 0.6 is 11.3 Å². The molecule has 0 bridgehead atoms. The summed E-state index contributed by atoms with van der Waals surface area (Å²) in [4.78, 5) is 0.991. The van der Waals surface area contributed by atoms with Gasteiger partial charge in [-0.25, -0.2) is 4.39 Å². The second kappa shape index (κ2) is 8.30. The summed E-state index contributed by atoms with van der Waals surface area (Å²) < 4.78 is 13.9. The summed E-state index contributed by atoms with van der Waals surface area (Å²) in [5.74, 6) is -0.141. The normalized spacial score (nSPS) is 12.5. The minimum absolute atomic E-state index is 0.141. The minimum Gasteiger partial charge on any atom is -0.310 e. The van der Waals surface area contributed by atoms with Gasteiger partial charge in [0.05, 0.1) is 0 Å². The van der Waals surface area contributed by atoms with E-state index in [1.54, 1.807) is 17.4 Å². The van der Waals surface area contributed by atoms with Crippen LogP contribution in [0, 0.1) is 5.82 Å². The van der Waals surface area contributed by atoms with Crippen LogP contribution in [0.15, 0.2) is 35.7 Å². The molecule has 2 aromatic rings. The monoisotopic (exact) mass is 305 g/mol. The molecule has 0 saturated heterocycles. The highest BCUT2D eigenvalue weighted by Gasteiger charge is 2.08. The zero-order valence-electron chi connectivity index (χ0n) is 12.9. The third-order valence-corrected chi connectivity index (χ3v) is 4.62. The van der Waals surface area contributed by atoms with Crippen molar-refractivity contribution in [2.24, 2.45) is 0 Å². The number of nitrogens with one attached hydrogen (secondary N) is 1. The predicted molar refractivity (Wildman–Crippen MR) is 90.2 cm³/mol. The largest absolute Gasteiger partial charge is 0.310 e. The van der Waals surface area contributed by atoms with Crippen molar-refractivity contribution in [3.8, 4) is 10.4 Å². The van der Waals surface area contributed by atoms with E-state index in [-0.39, 0.29) is 5.82 Å². The first kappa shape index (κ1) is 16.2. The van der Waals surface area contributed by atoms with E-state index in [0.717, 1.165) is 17.0 Å². The van der Waals surface area contributed by atoms with Crippen molar-refractivity contribution in [2.75, 3.05) is 0 Å². The first-order valence-electron chi connectivity index (χ1n) is 7.76. The van der Waals surface area contributed by atoms with E-state index in [0.29, 0.717) is 11.6 Å². The SMILES string of the molecule is CCCCCC(C)NCc1ccc(F)c(-c2cccs2)c1. The molecule has 1 atom stereocenters. The number of hydrogen-bond acceptors (Lipinski definition) is 2. The molecule has 1 unspecified atom stereocenters. The minimum atomic E-state index is -0.141. The highest BCUT2D eigenvalue weighted by Crippen LogP contribution is 2.28. The Labute approximate surface area is 131 Å². The molecule has 0 amide bonds. The summed E-state index contributed by atoms with van der Waals surface area (Å²) in [6, 6.07) is 9.85. The Morgan fingerprint density at radius 2 is 2.10 bits per heavy atom. The molecule has 2 rings (SSSR count). The van der Waals surface area contributed by atoms with Crippen LogP contribution in [-0.4, -0.2) is 6.04 Å². The molecular weight excluding hydrogens is 281 g/mol. The molecule has 0 aliphatic carbocycles. The number of benzene rings is 1. The molecule has 21 heavy (non-hydrogen) atoms. The molecule has 0 fully saturated rings. The van der Waals surface area contributed by atoms with E-state index < -0.39 is 0 Å². The van der Waals surface area contributed by atoms with Crippen molar-refractivity contribution < 1.29 is 4.39 Å². The third kappa shape index (κ3) is 4.94. The van der Waals surface area contributed by atoms with E-state index in [2.05, 4.69) is 19.2 Å². The van der Waals surface area contributed by atoms with Crippen LogP contribution < -0.4 is 5.32 Å². The maximum atomic E-state index is 13.9. The van der Waals surface area contributed by atoms with Crippen LogP contribution in [-0.2, 0) is 6.54 Å². The second-order valence-corrected chi connectivity index (χ2v) is 6.52. The molecule has 0 radical (unpaired) electrons. The first-order valence-corrected chi connectivity index (χ1v) is 8.64. The lowest BCUT2D eigenvalue weighted by molar-refractivity contribution is 0.487. The number of hydrogen-bond donors (Lipinski definition) is 1. The molecule has 0 aliphatic rings. The third-order valence-electron chi connectivity index (χ3n) is 3.71. The summed E-state index contributed by atoms with van der Waals surface area (Å²) in [7, 11) is 0. The van der Waals surface area contributed by atoms with Crippen LogP contribution in [0.4, 0.5) is 4.39 Å². The Balaban J connectivity index is 1.94. The summed E-state index contributed by atoms with van der Waals surface area (Å²) >= 11 is 1.58. The van der Waals surface area contributed by atoms with Gasteiger partial charge in [0.1, 0.15) is 5.82 Å². The smallest absolute Gasteiger partial charge is 0.131 e. The van der Waals surface area contributed by atoms with Gasteiger partial charge in [0.15, 0.2) is 0 Å². The van der Waals surface area contributed by atoms with Crippen molar-refractivity contribution in [1.29, 1.82) is 0 Å². The van der Waals surface area contributed by atoms with Crippen LogP contribution in [0.1, 0.15) is 45.1 Å². The molecule has 1 aromatic carbocycles. The van der Waals surface area contributed by atoms with Gasteiger partial charge in [-0.05, 0) is 42.5 Å². The number of thiophene rings is 1. The quantitative estimate of drug-likeness (QED) is 0.625. The highest BCUT2D eigenvalue weighted by atomic mass is 32.1. The van der Waals surface area contributed by atoms with Crippen molar-refractivity contribution in [2.45, 2.75) is 52.1 Å². The van der Waals surface area contributed by atoms with Gasteiger partial charge in [-0.3, -0.25) is 0 Å². The fourth-order valence-corrected chi connectivity index (χ4v) is 3.14. The van der Waals surface area contributed by atoms with E-state index in [1.807, 2.05) is 29.6 Å². The van der Waals surface area contributed by atoms with Crippen molar-refractivity contribution >= 4 is 11.3 Å². The van der Waals surface area contributed by atoms with Crippen molar-refractivity contribution in [1.82, 2.24) is 5.32 Å². The van der Waals surface area contributed by atoms with E-state index in [1.165, 1.54) is 25.7 Å².